The molecule has 0 aliphatic carbocycles. The first-order valence-corrected chi connectivity index (χ1v) is 13.0. The molecule has 0 saturated carbocycles. The minimum absolute atomic E-state index is 0.00583. The van der Waals surface area contributed by atoms with Crippen LogP contribution in [0.3, 0.4) is 0 Å². The minimum Gasteiger partial charge on any atom is -0.367 e. The van der Waals surface area contributed by atoms with Gasteiger partial charge < -0.3 is 16.0 Å². The molecule has 0 saturated heterocycles. The maximum atomic E-state index is 13.0. The number of amides is 2. The van der Waals surface area contributed by atoms with Crippen LogP contribution in [0.1, 0.15) is 49.4 Å². The number of carbonyl (C=O) groups is 2. The maximum Gasteiger partial charge on any atom is 0.416 e. The molecule has 0 bridgehead atoms. The number of nitrogens with two attached hydrogens (primary N) is 1. The van der Waals surface area contributed by atoms with Gasteiger partial charge in [-0.1, -0.05) is 54.6 Å². The highest BCUT2D eigenvalue weighted by Crippen LogP contribution is 2.31. The van der Waals surface area contributed by atoms with Crippen LogP contribution in [0.15, 0.2) is 91.0 Å². The van der Waals surface area contributed by atoms with Crippen LogP contribution in [0, 0.1) is 0 Å². The molecular weight excluding hydrogens is 515 g/mol. The summed E-state index contributed by atoms with van der Waals surface area (Å²) in [4.78, 5) is 26.9. The number of primary amides is 1. The van der Waals surface area contributed by atoms with Gasteiger partial charge in [0.15, 0.2) is 0 Å². The van der Waals surface area contributed by atoms with E-state index in [2.05, 4.69) is 10.2 Å². The fourth-order valence-corrected chi connectivity index (χ4v) is 5.08. The summed E-state index contributed by atoms with van der Waals surface area (Å²) in [6.07, 6.45) is -2.65. The van der Waals surface area contributed by atoms with Gasteiger partial charge >= 0.3 is 6.18 Å². The summed E-state index contributed by atoms with van der Waals surface area (Å²) in [6.45, 7) is 1.57. The average Bonchev–Trinajstić information content (AvgIpc) is 2.96. The number of benzene rings is 4. The minimum atomic E-state index is -4.43. The van der Waals surface area contributed by atoms with Crippen molar-refractivity contribution in [1.29, 1.82) is 0 Å². The monoisotopic (exact) mass is 543 g/mol. The fraction of sp³-hybridized carbons (Fsp3) is 0.188. The Morgan fingerprint density at radius 3 is 2.40 bits per heavy atom. The molecule has 3 N–H and O–H groups in total. The van der Waals surface area contributed by atoms with Crippen LogP contribution in [0.5, 0.6) is 0 Å². The van der Waals surface area contributed by atoms with E-state index in [-0.39, 0.29) is 12.5 Å². The van der Waals surface area contributed by atoms with E-state index in [0.29, 0.717) is 23.2 Å². The molecule has 4 aromatic rings. The van der Waals surface area contributed by atoms with E-state index in [9.17, 15) is 22.8 Å². The zero-order valence-electron chi connectivity index (χ0n) is 21.7. The second-order valence-corrected chi connectivity index (χ2v) is 9.86. The van der Waals surface area contributed by atoms with E-state index < -0.39 is 17.6 Å². The van der Waals surface area contributed by atoms with E-state index in [1.807, 2.05) is 48.5 Å². The van der Waals surface area contributed by atoms with Crippen LogP contribution in [0.2, 0.25) is 0 Å². The molecule has 0 aromatic heterocycles. The Morgan fingerprint density at radius 1 is 0.875 bits per heavy atom. The van der Waals surface area contributed by atoms with Crippen molar-refractivity contribution in [3.8, 4) is 11.1 Å². The lowest BCUT2D eigenvalue weighted by atomic mass is 9.97. The van der Waals surface area contributed by atoms with Gasteiger partial charge in [-0.3, -0.25) is 9.59 Å². The summed E-state index contributed by atoms with van der Waals surface area (Å²) in [7, 11) is 0. The van der Waals surface area contributed by atoms with Crippen molar-refractivity contribution in [3.05, 3.63) is 124 Å². The smallest absolute Gasteiger partial charge is 0.367 e. The van der Waals surface area contributed by atoms with Crippen LogP contribution >= 0.6 is 0 Å². The molecule has 0 atom stereocenters. The van der Waals surface area contributed by atoms with Gasteiger partial charge in [-0.05, 0) is 77.1 Å². The Labute approximate surface area is 230 Å². The first-order chi connectivity index (χ1) is 19.2. The lowest BCUT2D eigenvalue weighted by Gasteiger charge is -2.32. The zero-order valence-corrected chi connectivity index (χ0v) is 21.7. The van der Waals surface area contributed by atoms with E-state index >= 15 is 0 Å². The Balaban J connectivity index is 1.26. The highest BCUT2D eigenvalue weighted by molar-refractivity contribution is 5.99. The quantitative estimate of drug-likeness (QED) is 0.285. The fourth-order valence-electron chi connectivity index (χ4n) is 5.08. The molecule has 0 spiro atoms. The van der Waals surface area contributed by atoms with E-state index in [1.165, 1.54) is 6.07 Å². The Hall–Kier alpha value is -4.59. The first-order valence-electron chi connectivity index (χ1n) is 13.0. The molecule has 1 aliphatic rings. The molecule has 40 heavy (non-hydrogen) atoms. The average molecular weight is 544 g/mol. The summed E-state index contributed by atoms with van der Waals surface area (Å²) >= 11 is 0. The van der Waals surface area contributed by atoms with Crippen molar-refractivity contribution in [1.82, 2.24) is 5.32 Å². The number of nitrogens with zero attached hydrogens (tertiary/aromatic N) is 1. The number of anilines is 1. The predicted molar refractivity (Wildman–Crippen MR) is 149 cm³/mol. The molecule has 0 radical (unpaired) electrons. The largest absolute Gasteiger partial charge is 0.416 e. The predicted octanol–water partition coefficient (Wildman–Crippen LogP) is 6.35. The van der Waals surface area contributed by atoms with Crippen LogP contribution in [0.25, 0.3) is 11.1 Å². The SMILES string of the molecule is NC(=O)c1ccccc1-c1ccc(CN2CCCc3cc(C(=O)NCc4cccc(C(F)(F)F)c4)ccc32)cc1. The van der Waals surface area contributed by atoms with Crippen molar-refractivity contribution in [2.75, 3.05) is 11.4 Å². The third-order valence-corrected chi connectivity index (χ3v) is 7.09. The Morgan fingerprint density at radius 2 is 1.65 bits per heavy atom. The van der Waals surface area contributed by atoms with Crippen LogP contribution in [0.4, 0.5) is 18.9 Å². The van der Waals surface area contributed by atoms with Crippen molar-refractivity contribution in [2.24, 2.45) is 5.73 Å². The van der Waals surface area contributed by atoms with E-state index in [0.717, 1.165) is 59.5 Å². The van der Waals surface area contributed by atoms with Crippen LogP contribution in [-0.4, -0.2) is 18.4 Å². The molecule has 1 aliphatic heterocycles. The number of hydrogen-bond acceptors (Lipinski definition) is 3. The third kappa shape index (κ3) is 6.01. The molecule has 0 fully saturated rings. The standard InChI is InChI=1S/C32H28F3N3O2/c33-32(34,35)26-7-3-5-22(17-26)19-37-31(40)25-14-15-29-24(18-25)6-4-16-38(29)20-21-10-12-23(13-11-21)27-8-1-2-9-28(27)30(36)39/h1-3,5,7-15,17-18H,4,6,16,19-20H2,(H2,36,39)(H,37,40). The number of rotatable bonds is 7. The van der Waals surface area contributed by atoms with Gasteiger partial charge in [-0.25, -0.2) is 0 Å². The number of fused-ring (bicyclic) bond motifs is 1. The van der Waals surface area contributed by atoms with Crippen LogP contribution < -0.4 is 16.0 Å². The molecule has 8 heteroatoms. The van der Waals surface area contributed by atoms with Gasteiger partial charge in [-0.15, -0.1) is 0 Å². The summed E-state index contributed by atoms with van der Waals surface area (Å²) < 4.78 is 39.0. The third-order valence-electron chi connectivity index (χ3n) is 7.09. The van der Waals surface area contributed by atoms with Crippen molar-refractivity contribution in [2.45, 2.75) is 32.1 Å². The van der Waals surface area contributed by atoms with Gasteiger partial charge in [0.25, 0.3) is 5.91 Å². The Kier molecular flexibility index (Phi) is 7.60. The van der Waals surface area contributed by atoms with E-state index in [1.54, 1.807) is 24.3 Å². The number of halogens is 3. The van der Waals surface area contributed by atoms with Gasteiger partial charge in [0, 0.05) is 36.4 Å². The van der Waals surface area contributed by atoms with E-state index in [4.69, 9.17) is 5.73 Å². The molecule has 1 heterocycles. The second-order valence-electron chi connectivity index (χ2n) is 9.86. The number of carbonyl (C=O) groups excluding carboxylic acids is 2. The summed E-state index contributed by atoms with van der Waals surface area (Å²) in [5.74, 6) is -0.794. The molecule has 5 nitrogen and oxygen atoms in total. The van der Waals surface area contributed by atoms with Crippen molar-refractivity contribution >= 4 is 17.5 Å². The Bertz CT molecular complexity index is 1550. The second kappa shape index (κ2) is 11.3. The van der Waals surface area contributed by atoms with Crippen LogP contribution in [-0.2, 0) is 25.7 Å². The zero-order chi connectivity index (χ0) is 28.3. The molecular formula is C32H28F3N3O2. The molecule has 0 unspecified atom stereocenters. The highest BCUT2D eigenvalue weighted by Gasteiger charge is 2.30. The normalized spacial score (nSPS) is 13.0. The topological polar surface area (TPSA) is 75.4 Å². The van der Waals surface area contributed by atoms with Crippen molar-refractivity contribution in [3.63, 3.8) is 0 Å². The maximum absolute atomic E-state index is 13.0. The number of nitrogens with one attached hydrogen (secondary N) is 1. The van der Waals surface area contributed by atoms with Gasteiger partial charge in [0.2, 0.25) is 5.91 Å². The molecule has 5 rings (SSSR count). The van der Waals surface area contributed by atoms with Gasteiger partial charge in [0.05, 0.1) is 5.56 Å². The molecule has 204 valence electrons. The molecule has 4 aromatic carbocycles. The van der Waals surface area contributed by atoms with Gasteiger partial charge in [0.1, 0.15) is 0 Å². The first kappa shape index (κ1) is 27.0. The number of hydrogen-bond donors (Lipinski definition) is 2. The lowest BCUT2D eigenvalue weighted by molar-refractivity contribution is -0.137. The number of aryl methyl sites for hydroxylation is 1. The summed E-state index contributed by atoms with van der Waals surface area (Å²) in [5.41, 5.74) is 11.1. The molecule has 2 amide bonds. The number of alkyl halides is 3. The highest BCUT2D eigenvalue weighted by atomic mass is 19.4. The van der Waals surface area contributed by atoms with Gasteiger partial charge in [-0.2, -0.15) is 13.2 Å². The van der Waals surface area contributed by atoms with Crippen molar-refractivity contribution < 1.29 is 22.8 Å². The summed E-state index contributed by atoms with van der Waals surface area (Å²) in [5, 5.41) is 2.73. The summed E-state index contributed by atoms with van der Waals surface area (Å²) in [6, 6.07) is 25.8. The lowest BCUT2D eigenvalue weighted by Crippen LogP contribution is -2.29.